The minimum absolute atomic E-state index is 0.00723. The zero-order valence-electron chi connectivity index (χ0n) is 13.2. The molecule has 0 fully saturated rings. The van der Waals surface area contributed by atoms with Crippen LogP contribution in [0.25, 0.3) is 11.4 Å². The minimum Gasteiger partial charge on any atom is -0.733 e. The van der Waals surface area contributed by atoms with Crippen molar-refractivity contribution < 1.29 is 9.94 Å². The van der Waals surface area contributed by atoms with Crippen LogP contribution >= 0.6 is 11.8 Å². The van der Waals surface area contributed by atoms with Gasteiger partial charge >= 0.3 is 0 Å². The number of fused-ring (bicyclic) bond motifs is 1. The van der Waals surface area contributed by atoms with Crippen molar-refractivity contribution in [2.75, 3.05) is 17.8 Å². The van der Waals surface area contributed by atoms with Crippen LogP contribution in [0.5, 0.6) is 5.75 Å². The molecule has 0 saturated carbocycles. The van der Waals surface area contributed by atoms with Crippen LogP contribution in [0, 0.1) is 5.21 Å². The van der Waals surface area contributed by atoms with E-state index in [-0.39, 0.29) is 16.3 Å². The fraction of sp³-hybridized carbons (Fsp3) is 0.125. The molecule has 1 aliphatic rings. The standard InChI is InChI=1S/C16H14N5O3S/c1-24-13-7-5-10(6-8-13)15-19-20-14(17-18-16(20)25-15)11-3-2-4-12(9-11)21(22)23/h2-9,15,19,22H,1H3/q-1/t15-/m1/s1. The van der Waals surface area contributed by atoms with Crippen LogP contribution in [-0.2, 0) is 0 Å². The van der Waals surface area contributed by atoms with Crippen LogP contribution < -0.4 is 15.4 Å². The number of hydrogen-bond donors (Lipinski definition) is 2. The predicted molar refractivity (Wildman–Crippen MR) is 94.0 cm³/mol. The van der Waals surface area contributed by atoms with Crippen molar-refractivity contribution in [1.82, 2.24) is 14.9 Å². The molecule has 0 radical (unpaired) electrons. The van der Waals surface area contributed by atoms with Gasteiger partial charge in [-0.1, -0.05) is 36.0 Å². The molecule has 2 aromatic carbocycles. The molecule has 0 saturated heterocycles. The summed E-state index contributed by atoms with van der Waals surface area (Å²) in [5.41, 5.74) is 5.23. The highest BCUT2D eigenvalue weighted by Crippen LogP contribution is 2.40. The predicted octanol–water partition coefficient (Wildman–Crippen LogP) is 3.00. The lowest BCUT2D eigenvalue weighted by molar-refractivity contribution is 0.296. The second kappa shape index (κ2) is 6.28. The second-order valence-corrected chi connectivity index (χ2v) is 6.44. The third-order valence-electron chi connectivity index (χ3n) is 3.85. The summed E-state index contributed by atoms with van der Waals surface area (Å²) < 4.78 is 6.96. The lowest BCUT2D eigenvalue weighted by Gasteiger charge is -2.21. The van der Waals surface area contributed by atoms with Crippen LogP contribution in [-0.4, -0.2) is 27.2 Å². The molecule has 1 aromatic heterocycles. The van der Waals surface area contributed by atoms with Gasteiger partial charge in [-0.05, 0) is 29.8 Å². The second-order valence-electron chi connectivity index (χ2n) is 5.37. The lowest BCUT2D eigenvalue weighted by Crippen LogP contribution is -2.14. The molecule has 128 valence electrons. The highest BCUT2D eigenvalue weighted by Gasteiger charge is 2.28. The number of rotatable bonds is 4. The number of methoxy groups -OCH3 is 1. The maximum Gasteiger partial charge on any atom is 0.212 e. The SMILES string of the molecule is COc1ccc([C@@H]2Nn3c(nnc3-c3cccc(N([O-])O)c3)S2)cc1. The van der Waals surface area contributed by atoms with Crippen LogP contribution in [0.3, 0.4) is 0 Å². The molecule has 2 heterocycles. The number of nitrogens with one attached hydrogen (secondary N) is 1. The number of benzene rings is 2. The molecule has 3 aromatic rings. The number of anilines is 1. The quantitative estimate of drug-likeness (QED) is 0.689. The highest BCUT2D eigenvalue weighted by molar-refractivity contribution is 7.99. The van der Waals surface area contributed by atoms with Gasteiger partial charge in [0.1, 0.15) is 11.1 Å². The lowest BCUT2D eigenvalue weighted by atomic mass is 10.2. The molecular weight excluding hydrogens is 342 g/mol. The highest BCUT2D eigenvalue weighted by atomic mass is 32.2. The average Bonchev–Trinajstić information content (AvgIpc) is 3.22. The van der Waals surface area contributed by atoms with E-state index in [1.165, 1.54) is 6.07 Å². The fourth-order valence-electron chi connectivity index (χ4n) is 2.58. The molecule has 0 bridgehead atoms. The van der Waals surface area contributed by atoms with E-state index < -0.39 is 0 Å². The molecule has 0 unspecified atom stereocenters. The summed E-state index contributed by atoms with van der Waals surface area (Å²) in [5, 5.41) is 29.1. The Kier molecular flexibility index (Phi) is 3.96. The number of thioether (sulfide) groups is 1. The summed E-state index contributed by atoms with van der Waals surface area (Å²) in [4.78, 5) is 0. The Morgan fingerprint density at radius 1 is 1.24 bits per heavy atom. The molecule has 0 amide bonds. The largest absolute Gasteiger partial charge is 0.733 e. The number of aromatic nitrogens is 3. The molecule has 0 aliphatic carbocycles. The molecule has 1 aliphatic heterocycles. The van der Waals surface area contributed by atoms with E-state index in [0.29, 0.717) is 11.4 Å². The van der Waals surface area contributed by atoms with Gasteiger partial charge in [0, 0.05) is 5.56 Å². The van der Waals surface area contributed by atoms with Crippen molar-refractivity contribution in [3.05, 3.63) is 59.3 Å². The normalized spacial score (nSPS) is 15.6. The molecule has 0 spiro atoms. The van der Waals surface area contributed by atoms with Gasteiger partial charge in [0.05, 0.1) is 12.8 Å². The Labute approximate surface area is 147 Å². The van der Waals surface area contributed by atoms with E-state index in [0.717, 1.165) is 16.5 Å². The van der Waals surface area contributed by atoms with Gasteiger partial charge in [0.2, 0.25) is 5.16 Å². The first-order valence-electron chi connectivity index (χ1n) is 7.45. The van der Waals surface area contributed by atoms with E-state index in [1.54, 1.807) is 41.7 Å². The number of nitrogens with zero attached hydrogens (tertiary/aromatic N) is 4. The summed E-state index contributed by atoms with van der Waals surface area (Å²) >= 11 is 1.54. The summed E-state index contributed by atoms with van der Waals surface area (Å²) in [6.07, 6.45) is 0. The van der Waals surface area contributed by atoms with Gasteiger partial charge in [-0.3, -0.25) is 5.21 Å². The Hall–Kier alpha value is -2.75. The van der Waals surface area contributed by atoms with Gasteiger partial charge in [-0.25, -0.2) is 4.68 Å². The van der Waals surface area contributed by atoms with Crippen LogP contribution in [0.1, 0.15) is 10.9 Å². The van der Waals surface area contributed by atoms with Crippen molar-refractivity contribution in [3.63, 3.8) is 0 Å². The molecule has 25 heavy (non-hydrogen) atoms. The maximum atomic E-state index is 11.1. The van der Waals surface area contributed by atoms with Crippen LogP contribution in [0.2, 0.25) is 0 Å². The fourth-order valence-corrected chi connectivity index (χ4v) is 3.58. The van der Waals surface area contributed by atoms with E-state index in [1.807, 2.05) is 24.3 Å². The van der Waals surface area contributed by atoms with Crippen molar-refractivity contribution in [1.29, 1.82) is 0 Å². The van der Waals surface area contributed by atoms with Gasteiger partial charge < -0.3 is 20.6 Å². The van der Waals surface area contributed by atoms with Crippen molar-refractivity contribution in [3.8, 4) is 17.1 Å². The zero-order valence-corrected chi connectivity index (χ0v) is 14.0. The summed E-state index contributed by atoms with van der Waals surface area (Å²) in [6, 6.07) is 14.3. The third-order valence-corrected chi connectivity index (χ3v) is 4.94. The Morgan fingerprint density at radius 3 is 2.76 bits per heavy atom. The van der Waals surface area contributed by atoms with Crippen LogP contribution in [0.15, 0.2) is 53.7 Å². The van der Waals surface area contributed by atoms with E-state index in [4.69, 9.17) is 9.94 Å². The molecule has 2 N–H and O–H groups in total. The zero-order chi connectivity index (χ0) is 17.4. The number of ether oxygens (including phenoxy) is 1. The summed E-state index contributed by atoms with van der Waals surface area (Å²) in [7, 11) is 1.63. The third kappa shape index (κ3) is 2.88. The molecule has 4 rings (SSSR count). The molecule has 9 heteroatoms. The first-order valence-corrected chi connectivity index (χ1v) is 8.33. The van der Waals surface area contributed by atoms with E-state index in [9.17, 15) is 5.21 Å². The monoisotopic (exact) mass is 356 g/mol. The van der Waals surface area contributed by atoms with Gasteiger partial charge in [0.25, 0.3) is 0 Å². The first kappa shape index (κ1) is 15.8. The smallest absolute Gasteiger partial charge is 0.212 e. The van der Waals surface area contributed by atoms with Crippen LogP contribution in [0.4, 0.5) is 5.69 Å². The Morgan fingerprint density at radius 2 is 2.04 bits per heavy atom. The topological polar surface area (TPSA) is 98.5 Å². The van der Waals surface area contributed by atoms with Gasteiger partial charge in [-0.15, -0.1) is 10.2 Å². The Balaban J connectivity index is 1.62. The molecule has 1 atom stereocenters. The van der Waals surface area contributed by atoms with Gasteiger partial charge in [0.15, 0.2) is 5.82 Å². The first-order chi connectivity index (χ1) is 12.2. The van der Waals surface area contributed by atoms with Crippen molar-refractivity contribution in [2.45, 2.75) is 10.5 Å². The molecule has 8 nitrogen and oxygen atoms in total. The minimum atomic E-state index is -0.174. The Bertz CT molecular complexity index is 897. The van der Waals surface area contributed by atoms with Crippen molar-refractivity contribution in [2.24, 2.45) is 0 Å². The van der Waals surface area contributed by atoms with E-state index >= 15 is 0 Å². The van der Waals surface area contributed by atoms with E-state index in [2.05, 4.69) is 15.6 Å². The summed E-state index contributed by atoms with van der Waals surface area (Å²) in [5.74, 6) is 1.37. The average molecular weight is 356 g/mol. The maximum absolute atomic E-state index is 11.1. The number of hydrogen-bond acceptors (Lipinski definition) is 8. The van der Waals surface area contributed by atoms with Gasteiger partial charge in [-0.2, -0.15) is 0 Å². The van der Waals surface area contributed by atoms with Crippen molar-refractivity contribution >= 4 is 17.4 Å². The molecular formula is C16H14N5O3S-. The summed E-state index contributed by atoms with van der Waals surface area (Å²) in [6.45, 7) is 0.